The average molecular weight is 202 g/mol. The zero-order chi connectivity index (χ0) is 11.5. The Balaban J connectivity index is 3.09. The van der Waals surface area contributed by atoms with Gasteiger partial charge in [-0.1, -0.05) is 30.4 Å². The summed E-state index contributed by atoms with van der Waals surface area (Å²) in [5.74, 6) is 0. The van der Waals surface area contributed by atoms with Crippen molar-refractivity contribution < 1.29 is 4.79 Å². The largest absolute Gasteiger partial charge is 0.339 e. The van der Waals surface area contributed by atoms with E-state index in [0.29, 0.717) is 0 Å². The monoisotopic (exact) mass is 202 g/mol. The van der Waals surface area contributed by atoms with Crippen LogP contribution >= 0.6 is 0 Å². The summed E-state index contributed by atoms with van der Waals surface area (Å²) in [5.41, 5.74) is 2.76. The van der Waals surface area contributed by atoms with E-state index in [-0.39, 0.29) is 0 Å². The molecule has 0 fully saturated rings. The Morgan fingerprint density at radius 2 is 2.13 bits per heavy atom. The van der Waals surface area contributed by atoms with Crippen LogP contribution in [0.5, 0.6) is 0 Å². The molecule has 0 saturated heterocycles. The van der Waals surface area contributed by atoms with E-state index < -0.39 is 5.54 Å². The number of nitrogens with one attached hydrogen (secondary N) is 1. The van der Waals surface area contributed by atoms with Crippen molar-refractivity contribution in [3.63, 3.8) is 0 Å². The minimum Gasteiger partial charge on any atom is -0.339 e. The molecule has 1 radical (unpaired) electrons. The molecule has 1 aromatic rings. The lowest BCUT2D eigenvalue weighted by molar-refractivity contribution is 0.451. The summed E-state index contributed by atoms with van der Waals surface area (Å²) in [6, 6.07) is 7.99. The van der Waals surface area contributed by atoms with Gasteiger partial charge in [-0.25, -0.2) is 0 Å². The summed E-state index contributed by atoms with van der Waals surface area (Å²) in [7, 11) is 0. The predicted molar refractivity (Wildman–Crippen MR) is 63.0 cm³/mol. The first-order chi connectivity index (χ1) is 6.97. The third kappa shape index (κ3) is 2.69. The van der Waals surface area contributed by atoms with E-state index in [4.69, 9.17) is 0 Å². The first kappa shape index (κ1) is 11.5. The maximum absolute atomic E-state index is 10.4. The second kappa shape index (κ2) is 4.30. The summed E-state index contributed by atoms with van der Waals surface area (Å²) in [6.45, 7) is 9.74. The Labute approximate surface area is 91.0 Å². The summed E-state index contributed by atoms with van der Waals surface area (Å²) < 4.78 is 0. The third-order valence-corrected chi connectivity index (χ3v) is 2.44. The molecule has 0 heterocycles. The average Bonchev–Trinajstić information content (AvgIpc) is 2.18. The zero-order valence-corrected chi connectivity index (χ0v) is 9.42. The number of benzene rings is 1. The molecular formula is C13H16NO. The van der Waals surface area contributed by atoms with Gasteiger partial charge in [0.05, 0.1) is 5.54 Å². The highest BCUT2D eigenvalue weighted by Gasteiger charge is 2.19. The molecule has 1 aromatic carbocycles. The molecule has 1 rings (SSSR count). The lowest BCUT2D eigenvalue weighted by Gasteiger charge is -2.24. The third-order valence-electron chi connectivity index (χ3n) is 2.44. The van der Waals surface area contributed by atoms with E-state index in [9.17, 15) is 4.79 Å². The number of allylic oxidation sites excluding steroid dienone is 1. The van der Waals surface area contributed by atoms with Crippen molar-refractivity contribution >= 4 is 12.0 Å². The van der Waals surface area contributed by atoms with Crippen LogP contribution in [-0.4, -0.2) is 6.41 Å². The first-order valence-electron chi connectivity index (χ1n) is 4.88. The lowest BCUT2D eigenvalue weighted by atomic mass is 9.92. The molecule has 2 heteroatoms. The molecule has 0 aliphatic heterocycles. The molecule has 79 valence electrons. The first-order valence-corrected chi connectivity index (χ1v) is 4.88. The van der Waals surface area contributed by atoms with Gasteiger partial charge < -0.3 is 5.32 Å². The molecule has 0 atom stereocenters. The molecule has 2 nitrogen and oxygen atoms in total. The summed E-state index contributed by atoms with van der Waals surface area (Å²) in [4.78, 5) is 10.4. The normalized spacial score (nSPS) is 10.9. The summed E-state index contributed by atoms with van der Waals surface area (Å²) in [5, 5.41) is 2.67. The van der Waals surface area contributed by atoms with Gasteiger partial charge in [0.25, 0.3) is 0 Å². The van der Waals surface area contributed by atoms with Gasteiger partial charge in [-0.15, -0.1) is 0 Å². The van der Waals surface area contributed by atoms with E-state index in [0.717, 1.165) is 16.7 Å². The fourth-order valence-electron chi connectivity index (χ4n) is 1.37. The molecule has 0 aliphatic carbocycles. The van der Waals surface area contributed by atoms with Crippen LogP contribution in [0.4, 0.5) is 0 Å². The SMILES string of the molecule is C=C(C)c1cccc(C(C)(C)N[C]=O)c1. The van der Waals surface area contributed by atoms with Crippen molar-refractivity contribution in [2.45, 2.75) is 26.3 Å². The highest BCUT2D eigenvalue weighted by Crippen LogP contribution is 2.22. The van der Waals surface area contributed by atoms with Crippen molar-refractivity contribution in [1.82, 2.24) is 5.32 Å². The van der Waals surface area contributed by atoms with Gasteiger partial charge in [0.2, 0.25) is 0 Å². The Hall–Kier alpha value is -1.57. The van der Waals surface area contributed by atoms with Crippen LogP contribution in [0.2, 0.25) is 0 Å². The fourth-order valence-corrected chi connectivity index (χ4v) is 1.37. The van der Waals surface area contributed by atoms with E-state index in [2.05, 4.69) is 11.9 Å². The molecule has 0 aromatic heterocycles. The van der Waals surface area contributed by atoms with E-state index in [1.165, 1.54) is 0 Å². The number of hydrogen-bond donors (Lipinski definition) is 1. The van der Waals surface area contributed by atoms with Crippen molar-refractivity contribution in [3.05, 3.63) is 42.0 Å². The van der Waals surface area contributed by atoms with Crippen LogP contribution in [0.3, 0.4) is 0 Å². The van der Waals surface area contributed by atoms with Crippen LogP contribution in [0.1, 0.15) is 31.9 Å². The second-order valence-corrected chi connectivity index (χ2v) is 4.21. The van der Waals surface area contributed by atoms with E-state index >= 15 is 0 Å². The molecule has 0 saturated carbocycles. The minimum absolute atomic E-state index is 0.396. The molecule has 1 amide bonds. The molecule has 1 N–H and O–H groups in total. The van der Waals surface area contributed by atoms with Crippen molar-refractivity contribution in [3.8, 4) is 0 Å². The molecule has 0 spiro atoms. The lowest BCUT2D eigenvalue weighted by Crippen LogP contribution is -2.35. The van der Waals surface area contributed by atoms with Crippen LogP contribution in [0.15, 0.2) is 30.8 Å². The molecule has 0 unspecified atom stereocenters. The predicted octanol–water partition coefficient (Wildman–Crippen LogP) is 2.61. The number of hydrogen-bond acceptors (Lipinski definition) is 1. The van der Waals surface area contributed by atoms with Gasteiger partial charge in [0.15, 0.2) is 0 Å². The Morgan fingerprint density at radius 1 is 1.47 bits per heavy atom. The number of rotatable bonds is 4. The van der Waals surface area contributed by atoms with E-state index in [1.807, 2.05) is 45.0 Å². The van der Waals surface area contributed by atoms with Crippen LogP contribution < -0.4 is 5.32 Å². The quantitative estimate of drug-likeness (QED) is 0.747. The Bertz CT molecular complexity index is 380. The Morgan fingerprint density at radius 3 is 2.67 bits per heavy atom. The van der Waals surface area contributed by atoms with Crippen molar-refractivity contribution in [1.29, 1.82) is 0 Å². The molecule has 0 bridgehead atoms. The van der Waals surface area contributed by atoms with E-state index in [1.54, 1.807) is 6.41 Å². The number of amides is 1. The van der Waals surface area contributed by atoms with Gasteiger partial charge in [0, 0.05) is 0 Å². The van der Waals surface area contributed by atoms with Gasteiger partial charge >= 0.3 is 6.41 Å². The summed E-state index contributed by atoms with van der Waals surface area (Å²) in [6.07, 6.45) is 1.73. The fraction of sp³-hybridized carbons (Fsp3) is 0.308. The zero-order valence-electron chi connectivity index (χ0n) is 9.42. The smallest absolute Gasteiger partial charge is 0.310 e. The molecular weight excluding hydrogens is 186 g/mol. The second-order valence-electron chi connectivity index (χ2n) is 4.21. The minimum atomic E-state index is -0.396. The van der Waals surface area contributed by atoms with Crippen LogP contribution in [0, 0.1) is 0 Å². The van der Waals surface area contributed by atoms with Crippen molar-refractivity contribution in [2.24, 2.45) is 0 Å². The maximum Gasteiger partial charge on any atom is 0.310 e. The number of carbonyl (C=O) groups excluding carboxylic acids is 1. The van der Waals surface area contributed by atoms with Crippen molar-refractivity contribution in [2.75, 3.05) is 0 Å². The Kier molecular flexibility index (Phi) is 3.30. The maximum atomic E-state index is 10.4. The standard InChI is InChI=1S/C13H16NO/c1-10(2)11-6-5-7-12(8-11)13(3,4)14-9-15/h5-8H,1H2,2-4H3,(H,14,15). The topological polar surface area (TPSA) is 29.1 Å². The molecule has 15 heavy (non-hydrogen) atoms. The van der Waals surface area contributed by atoms with Crippen LogP contribution in [0.25, 0.3) is 5.57 Å². The van der Waals surface area contributed by atoms with Gasteiger partial charge in [-0.2, -0.15) is 0 Å². The van der Waals surface area contributed by atoms with Crippen LogP contribution in [-0.2, 0) is 10.3 Å². The molecule has 0 aliphatic rings. The summed E-state index contributed by atoms with van der Waals surface area (Å²) >= 11 is 0. The highest BCUT2D eigenvalue weighted by molar-refractivity contribution is 5.62. The van der Waals surface area contributed by atoms with Gasteiger partial charge in [-0.3, -0.25) is 4.79 Å². The van der Waals surface area contributed by atoms with Gasteiger partial charge in [-0.05, 0) is 38.0 Å². The highest BCUT2D eigenvalue weighted by atomic mass is 16.1. The van der Waals surface area contributed by atoms with Gasteiger partial charge in [0.1, 0.15) is 0 Å².